The van der Waals surface area contributed by atoms with Crippen LogP contribution < -0.4 is 9.30 Å². The molecule has 1 saturated carbocycles. The fraction of sp³-hybridized carbons (Fsp3) is 0.292. The highest BCUT2D eigenvalue weighted by Crippen LogP contribution is 2.33. The number of hydrogen-bond acceptors (Lipinski definition) is 3. The Kier molecular flexibility index (Phi) is 5.76. The first-order valence-corrected chi connectivity index (χ1v) is 9.99. The fourth-order valence-corrected chi connectivity index (χ4v) is 3.81. The number of aromatic nitrogens is 2. The van der Waals surface area contributed by atoms with Crippen LogP contribution in [0, 0.1) is 0 Å². The van der Waals surface area contributed by atoms with E-state index in [1.165, 1.54) is 37.7 Å². The third-order valence-corrected chi connectivity index (χ3v) is 5.34. The SMILES string of the molecule is O=C(C[n+]1ccnc(Oc2ccc(C3CCCCC3)cc2)c1)c1ccccc1. The molecule has 0 spiro atoms. The van der Waals surface area contributed by atoms with Gasteiger partial charge >= 0.3 is 0 Å². The molecule has 1 heterocycles. The van der Waals surface area contributed by atoms with E-state index in [1.54, 1.807) is 23.2 Å². The highest BCUT2D eigenvalue weighted by Gasteiger charge is 2.16. The monoisotopic (exact) mass is 373 g/mol. The molecule has 2 aromatic carbocycles. The molecule has 3 aromatic rings. The molecule has 0 atom stereocenters. The number of benzene rings is 2. The lowest BCUT2D eigenvalue weighted by molar-refractivity contribution is -0.683. The molecule has 0 saturated heterocycles. The molecule has 142 valence electrons. The van der Waals surface area contributed by atoms with Gasteiger partial charge in [-0.3, -0.25) is 4.79 Å². The van der Waals surface area contributed by atoms with Crippen LogP contribution in [0.5, 0.6) is 11.6 Å². The number of nitrogens with zero attached hydrogens (tertiary/aromatic N) is 2. The van der Waals surface area contributed by atoms with Crippen LogP contribution in [-0.2, 0) is 6.54 Å². The van der Waals surface area contributed by atoms with Crippen molar-refractivity contribution in [2.45, 2.75) is 44.6 Å². The van der Waals surface area contributed by atoms with E-state index < -0.39 is 0 Å². The molecule has 1 aromatic heterocycles. The summed E-state index contributed by atoms with van der Waals surface area (Å²) in [5, 5.41) is 0. The third kappa shape index (κ3) is 4.63. The number of ketones is 1. The largest absolute Gasteiger partial charge is 0.434 e. The maximum Gasteiger partial charge on any atom is 0.285 e. The second-order valence-corrected chi connectivity index (χ2v) is 7.36. The lowest BCUT2D eigenvalue weighted by atomic mass is 9.84. The van der Waals surface area contributed by atoms with Gasteiger partial charge in [-0.05, 0) is 36.5 Å². The molecule has 1 aliphatic carbocycles. The predicted molar refractivity (Wildman–Crippen MR) is 108 cm³/mol. The molecule has 4 rings (SSSR count). The lowest BCUT2D eigenvalue weighted by Crippen LogP contribution is -2.37. The van der Waals surface area contributed by atoms with E-state index in [2.05, 4.69) is 17.1 Å². The van der Waals surface area contributed by atoms with Gasteiger partial charge in [-0.25, -0.2) is 4.98 Å². The van der Waals surface area contributed by atoms with Gasteiger partial charge in [0.2, 0.25) is 18.5 Å². The first kappa shape index (κ1) is 18.4. The molecule has 28 heavy (non-hydrogen) atoms. The van der Waals surface area contributed by atoms with Crippen LogP contribution in [0.4, 0.5) is 0 Å². The quantitative estimate of drug-likeness (QED) is 0.446. The number of ether oxygens (including phenoxy) is 1. The third-order valence-electron chi connectivity index (χ3n) is 5.34. The topological polar surface area (TPSA) is 43.1 Å². The average Bonchev–Trinajstić information content (AvgIpc) is 2.76. The zero-order valence-electron chi connectivity index (χ0n) is 16.0. The fourth-order valence-electron chi connectivity index (χ4n) is 3.81. The number of carbonyl (C=O) groups is 1. The van der Waals surface area contributed by atoms with Crippen molar-refractivity contribution >= 4 is 5.78 Å². The van der Waals surface area contributed by atoms with Crippen molar-refractivity contribution in [3.63, 3.8) is 0 Å². The summed E-state index contributed by atoms with van der Waals surface area (Å²) in [6.45, 7) is 0.253. The van der Waals surface area contributed by atoms with Gasteiger partial charge in [-0.1, -0.05) is 61.7 Å². The van der Waals surface area contributed by atoms with Gasteiger partial charge < -0.3 is 4.74 Å². The van der Waals surface area contributed by atoms with Gasteiger partial charge in [0.15, 0.2) is 6.20 Å². The van der Waals surface area contributed by atoms with E-state index in [0.717, 1.165) is 5.75 Å². The summed E-state index contributed by atoms with van der Waals surface area (Å²) in [6.07, 6.45) is 11.8. The van der Waals surface area contributed by atoms with Crippen molar-refractivity contribution in [2.24, 2.45) is 0 Å². The number of carbonyl (C=O) groups excluding carboxylic acids is 1. The summed E-state index contributed by atoms with van der Waals surface area (Å²) in [7, 11) is 0. The summed E-state index contributed by atoms with van der Waals surface area (Å²) < 4.78 is 7.71. The van der Waals surface area contributed by atoms with E-state index in [9.17, 15) is 4.79 Å². The van der Waals surface area contributed by atoms with Gasteiger partial charge in [-0.15, -0.1) is 0 Å². The summed E-state index contributed by atoms with van der Waals surface area (Å²) in [4.78, 5) is 16.7. The summed E-state index contributed by atoms with van der Waals surface area (Å²) in [6, 6.07) is 17.7. The molecule has 1 fully saturated rings. The molecule has 0 N–H and O–H groups in total. The summed E-state index contributed by atoms with van der Waals surface area (Å²) in [5.74, 6) is 1.98. The van der Waals surface area contributed by atoms with E-state index in [4.69, 9.17) is 4.74 Å². The second kappa shape index (κ2) is 8.79. The molecule has 0 bridgehead atoms. The van der Waals surface area contributed by atoms with Crippen molar-refractivity contribution in [1.82, 2.24) is 4.98 Å². The van der Waals surface area contributed by atoms with Crippen LogP contribution in [0.1, 0.15) is 53.9 Å². The smallest absolute Gasteiger partial charge is 0.285 e. The van der Waals surface area contributed by atoms with Crippen molar-refractivity contribution in [1.29, 1.82) is 0 Å². The standard InChI is InChI=1S/C24H25N2O2/c27-23(21-9-5-2-6-10-21)17-26-16-15-25-24(18-26)28-22-13-11-20(12-14-22)19-7-3-1-4-8-19/h2,5-6,9-16,18-19H,1,3-4,7-8,17H2/q+1. The number of rotatable bonds is 6. The Labute approximate surface area is 165 Å². The number of hydrogen-bond donors (Lipinski definition) is 0. The maximum absolute atomic E-state index is 12.4. The van der Waals surface area contributed by atoms with Crippen molar-refractivity contribution in [2.75, 3.05) is 0 Å². The van der Waals surface area contributed by atoms with Crippen molar-refractivity contribution < 1.29 is 14.1 Å². The maximum atomic E-state index is 12.4. The van der Waals surface area contributed by atoms with E-state index in [1.807, 2.05) is 42.5 Å². The van der Waals surface area contributed by atoms with E-state index in [0.29, 0.717) is 17.4 Å². The number of Topliss-reactive ketones (excluding diaryl/α,β-unsaturated/α-hetero) is 1. The predicted octanol–water partition coefficient (Wildman–Crippen LogP) is 5.09. The first-order chi connectivity index (χ1) is 13.8. The molecular weight excluding hydrogens is 348 g/mol. The van der Waals surface area contributed by atoms with E-state index >= 15 is 0 Å². The van der Waals surface area contributed by atoms with Crippen LogP contribution in [0.25, 0.3) is 0 Å². The summed E-state index contributed by atoms with van der Waals surface area (Å²) in [5.41, 5.74) is 2.10. The van der Waals surface area contributed by atoms with Crippen LogP contribution in [0.15, 0.2) is 73.2 Å². The molecule has 0 unspecified atom stereocenters. The zero-order chi connectivity index (χ0) is 19.2. The Hall–Kier alpha value is -3.01. The van der Waals surface area contributed by atoms with Gasteiger partial charge in [0.25, 0.3) is 5.88 Å². The first-order valence-electron chi connectivity index (χ1n) is 9.99. The summed E-state index contributed by atoms with van der Waals surface area (Å²) >= 11 is 0. The van der Waals surface area contributed by atoms with Gasteiger partial charge in [0.1, 0.15) is 5.75 Å². The molecule has 1 aliphatic rings. The van der Waals surface area contributed by atoms with Crippen LogP contribution in [-0.4, -0.2) is 10.8 Å². The van der Waals surface area contributed by atoms with Crippen molar-refractivity contribution in [3.05, 3.63) is 84.3 Å². The van der Waals surface area contributed by atoms with Crippen molar-refractivity contribution in [3.8, 4) is 11.6 Å². The molecule has 0 amide bonds. The molecule has 0 radical (unpaired) electrons. The Balaban J connectivity index is 1.41. The van der Waals surface area contributed by atoms with Crippen LogP contribution >= 0.6 is 0 Å². The highest BCUT2D eigenvalue weighted by molar-refractivity contribution is 5.94. The average molecular weight is 373 g/mol. The molecular formula is C24H25N2O2+. The molecule has 4 heteroatoms. The Bertz CT molecular complexity index is 917. The van der Waals surface area contributed by atoms with E-state index in [-0.39, 0.29) is 12.3 Å². The molecule has 0 aliphatic heterocycles. The normalized spacial score (nSPS) is 14.6. The van der Waals surface area contributed by atoms with Crippen LogP contribution in [0.3, 0.4) is 0 Å². The van der Waals surface area contributed by atoms with Crippen LogP contribution in [0.2, 0.25) is 0 Å². The molecule has 4 nitrogen and oxygen atoms in total. The second-order valence-electron chi connectivity index (χ2n) is 7.36. The highest BCUT2D eigenvalue weighted by atomic mass is 16.5. The Morgan fingerprint density at radius 2 is 1.75 bits per heavy atom. The minimum absolute atomic E-state index is 0.0552. The minimum Gasteiger partial charge on any atom is -0.434 e. The lowest BCUT2D eigenvalue weighted by Gasteiger charge is -2.21. The van der Waals surface area contributed by atoms with Gasteiger partial charge in [0, 0.05) is 5.56 Å². The Morgan fingerprint density at radius 1 is 1.00 bits per heavy atom. The minimum atomic E-state index is 0.0552. The zero-order valence-corrected chi connectivity index (χ0v) is 16.0. The van der Waals surface area contributed by atoms with Gasteiger partial charge in [0.05, 0.1) is 6.20 Å². The van der Waals surface area contributed by atoms with Gasteiger partial charge in [-0.2, -0.15) is 4.57 Å². The Morgan fingerprint density at radius 3 is 2.50 bits per heavy atom.